The first kappa shape index (κ1) is 12.8. The zero-order valence-corrected chi connectivity index (χ0v) is 8.53. The molecule has 0 saturated carbocycles. The van der Waals surface area contributed by atoms with Crippen LogP contribution in [0.15, 0.2) is 9.98 Å². The normalized spacial score (nSPS) is 11.2. The number of unbranched alkanes of at least 4 members (excludes halogenated alkanes) is 1. The van der Waals surface area contributed by atoms with Gasteiger partial charge in [-0.3, -0.25) is 0 Å². The summed E-state index contributed by atoms with van der Waals surface area (Å²) in [5.41, 5.74) is 0. The molecule has 0 aliphatic carbocycles. The van der Waals surface area contributed by atoms with Crippen LogP contribution in [-0.4, -0.2) is 24.7 Å². The number of carbonyl (C=O) groups excluding carboxylic acids is 2. The Bertz CT molecular complexity index is 228. The lowest BCUT2D eigenvalue weighted by molar-refractivity contribution is 0.514. The van der Waals surface area contributed by atoms with Gasteiger partial charge in [-0.25, -0.2) is 19.6 Å². The van der Waals surface area contributed by atoms with Crippen LogP contribution in [0.1, 0.15) is 39.0 Å². The van der Waals surface area contributed by atoms with Crippen LogP contribution in [0.4, 0.5) is 0 Å². The molecule has 0 radical (unpaired) electrons. The molecule has 0 aromatic carbocycles. The number of hydrogen-bond acceptors (Lipinski definition) is 4. The van der Waals surface area contributed by atoms with Crippen molar-refractivity contribution in [1.82, 2.24) is 0 Å². The molecular formula is C10H16N2O2. The fourth-order valence-corrected chi connectivity index (χ4v) is 1.30. The first-order valence-corrected chi connectivity index (χ1v) is 4.95. The van der Waals surface area contributed by atoms with Crippen molar-refractivity contribution in [3.05, 3.63) is 0 Å². The maximum absolute atomic E-state index is 10.1. The Morgan fingerprint density at radius 1 is 1.14 bits per heavy atom. The highest BCUT2D eigenvalue weighted by molar-refractivity contribution is 5.33. The molecule has 0 aromatic heterocycles. The molecular weight excluding hydrogens is 180 g/mol. The second-order valence-electron chi connectivity index (χ2n) is 3.13. The Kier molecular flexibility index (Phi) is 8.97. The number of isocyanates is 2. The molecule has 0 rings (SSSR count). The molecule has 0 aliphatic rings. The smallest absolute Gasteiger partial charge is 0.211 e. The molecule has 78 valence electrons. The number of nitrogens with zero attached hydrogens (tertiary/aromatic N) is 2. The monoisotopic (exact) mass is 196 g/mol. The van der Waals surface area contributed by atoms with E-state index in [1.807, 2.05) is 0 Å². The van der Waals surface area contributed by atoms with Crippen LogP contribution in [0.2, 0.25) is 0 Å². The fraction of sp³-hybridized carbons (Fsp3) is 0.800. The summed E-state index contributed by atoms with van der Waals surface area (Å²) in [6.45, 7) is 2.58. The van der Waals surface area contributed by atoms with Gasteiger partial charge in [-0.15, -0.1) is 0 Å². The van der Waals surface area contributed by atoms with Crippen LogP contribution in [0, 0.1) is 0 Å². The minimum absolute atomic E-state index is 0.0951. The zero-order chi connectivity index (χ0) is 10.6. The number of aliphatic imine (C=N–C) groups is 2. The van der Waals surface area contributed by atoms with E-state index in [-0.39, 0.29) is 6.04 Å². The summed E-state index contributed by atoms with van der Waals surface area (Å²) in [5.74, 6) is 0. The summed E-state index contributed by atoms with van der Waals surface area (Å²) in [4.78, 5) is 27.0. The summed E-state index contributed by atoms with van der Waals surface area (Å²) in [6.07, 6.45) is 7.68. The molecule has 4 heteroatoms. The molecule has 0 bridgehead atoms. The first-order valence-electron chi connectivity index (χ1n) is 4.95. The molecule has 4 nitrogen and oxygen atoms in total. The molecule has 0 fully saturated rings. The van der Waals surface area contributed by atoms with Gasteiger partial charge in [-0.1, -0.05) is 13.3 Å². The van der Waals surface area contributed by atoms with Gasteiger partial charge in [0.05, 0.1) is 12.6 Å². The van der Waals surface area contributed by atoms with Crippen molar-refractivity contribution in [2.24, 2.45) is 9.98 Å². The highest BCUT2D eigenvalue weighted by Gasteiger charge is 2.04. The first-order chi connectivity index (χ1) is 6.85. The third-order valence-corrected chi connectivity index (χ3v) is 1.98. The van der Waals surface area contributed by atoms with Crippen molar-refractivity contribution in [1.29, 1.82) is 0 Å². The van der Waals surface area contributed by atoms with E-state index in [4.69, 9.17) is 0 Å². The van der Waals surface area contributed by atoms with Crippen molar-refractivity contribution in [2.75, 3.05) is 6.54 Å². The minimum Gasteiger partial charge on any atom is -0.211 e. The average Bonchev–Trinajstić information content (AvgIpc) is 2.18. The van der Waals surface area contributed by atoms with Crippen molar-refractivity contribution < 1.29 is 9.59 Å². The van der Waals surface area contributed by atoms with E-state index in [0.717, 1.165) is 32.1 Å². The lowest BCUT2D eigenvalue weighted by atomic mass is 10.1. The molecule has 0 N–H and O–H groups in total. The molecule has 0 heterocycles. The van der Waals surface area contributed by atoms with Gasteiger partial charge < -0.3 is 0 Å². The maximum Gasteiger partial charge on any atom is 0.235 e. The van der Waals surface area contributed by atoms with Gasteiger partial charge in [0.1, 0.15) is 0 Å². The van der Waals surface area contributed by atoms with E-state index in [9.17, 15) is 9.59 Å². The van der Waals surface area contributed by atoms with Gasteiger partial charge in [-0.2, -0.15) is 0 Å². The van der Waals surface area contributed by atoms with Crippen LogP contribution in [-0.2, 0) is 9.59 Å². The molecule has 0 saturated heterocycles. The van der Waals surface area contributed by atoms with Crippen molar-refractivity contribution >= 4 is 12.2 Å². The van der Waals surface area contributed by atoms with Crippen molar-refractivity contribution in [2.45, 2.75) is 45.1 Å². The summed E-state index contributed by atoms with van der Waals surface area (Å²) in [7, 11) is 0. The minimum atomic E-state index is 0.0951. The summed E-state index contributed by atoms with van der Waals surface area (Å²) >= 11 is 0. The van der Waals surface area contributed by atoms with Gasteiger partial charge in [0.2, 0.25) is 12.2 Å². The number of hydrogen-bond donors (Lipinski definition) is 0. The lowest BCUT2D eigenvalue weighted by Crippen LogP contribution is -2.03. The Balaban J connectivity index is 3.59. The van der Waals surface area contributed by atoms with E-state index in [1.165, 1.54) is 6.08 Å². The molecule has 0 spiro atoms. The Hall–Kier alpha value is -1.24. The molecule has 0 aromatic rings. The van der Waals surface area contributed by atoms with E-state index >= 15 is 0 Å². The SMILES string of the molecule is CCCC(CCCCN=C=O)N=C=O. The largest absolute Gasteiger partial charge is 0.235 e. The summed E-state index contributed by atoms with van der Waals surface area (Å²) in [5, 5.41) is 0. The van der Waals surface area contributed by atoms with Crippen LogP contribution in [0.5, 0.6) is 0 Å². The average molecular weight is 196 g/mol. The third kappa shape index (κ3) is 7.41. The van der Waals surface area contributed by atoms with E-state index in [2.05, 4.69) is 16.9 Å². The van der Waals surface area contributed by atoms with Crippen molar-refractivity contribution in [3.8, 4) is 0 Å². The third-order valence-electron chi connectivity index (χ3n) is 1.98. The molecule has 0 aliphatic heterocycles. The topological polar surface area (TPSA) is 58.9 Å². The molecule has 1 unspecified atom stereocenters. The van der Waals surface area contributed by atoms with Crippen LogP contribution >= 0.6 is 0 Å². The van der Waals surface area contributed by atoms with Crippen LogP contribution < -0.4 is 0 Å². The maximum atomic E-state index is 10.1. The molecule has 1 atom stereocenters. The van der Waals surface area contributed by atoms with Gasteiger partial charge in [0.15, 0.2) is 0 Å². The summed E-state index contributed by atoms with van der Waals surface area (Å²) in [6, 6.07) is 0.0951. The highest BCUT2D eigenvalue weighted by atomic mass is 16.1. The van der Waals surface area contributed by atoms with Gasteiger partial charge in [0.25, 0.3) is 0 Å². The second kappa shape index (κ2) is 9.85. The van der Waals surface area contributed by atoms with Gasteiger partial charge in [0, 0.05) is 0 Å². The van der Waals surface area contributed by atoms with Crippen LogP contribution in [0.25, 0.3) is 0 Å². The predicted molar refractivity (Wildman–Crippen MR) is 53.7 cm³/mol. The Morgan fingerprint density at radius 2 is 1.93 bits per heavy atom. The van der Waals surface area contributed by atoms with E-state index < -0.39 is 0 Å². The van der Waals surface area contributed by atoms with Crippen LogP contribution in [0.3, 0.4) is 0 Å². The lowest BCUT2D eigenvalue weighted by Gasteiger charge is -2.07. The fourth-order valence-electron chi connectivity index (χ4n) is 1.30. The van der Waals surface area contributed by atoms with Gasteiger partial charge in [-0.05, 0) is 25.7 Å². The Morgan fingerprint density at radius 3 is 2.50 bits per heavy atom. The quantitative estimate of drug-likeness (QED) is 0.338. The number of rotatable bonds is 8. The van der Waals surface area contributed by atoms with Gasteiger partial charge >= 0.3 is 0 Å². The zero-order valence-electron chi connectivity index (χ0n) is 8.53. The second-order valence-corrected chi connectivity index (χ2v) is 3.13. The van der Waals surface area contributed by atoms with E-state index in [1.54, 1.807) is 6.08 Å². The molecule has 0 amide bonds. The van der Waals surface area contributed by atoms with Crippen molar-refractivity contribution in [3.63, 3.8) is 0 Å². The Labute approximate surface area is 84.1 Å². The molecule has 14 heavy (non-hydrogen) atoms. The standard InChI is InChI=1S/C10H16N2O2/c1-2-5-10(12-9-14)6-3-4-7-11-8-13/h10H,2-7H2,1H3. The predicted octanol–water partition coefficient (Wildman–Crippen LogP) is 2.00. The van der Waals surface area contributed by atoms with E-state index in [0.29, 0.717) is 6.54 Å². The highest BCUT2D eigenvalue weighted by Crippen LogP contribution is 2.10. The summed E-state index contributed by atoms with van der Waals surface area (Å²) < 4.78 is 0.